The Hall–Kier alpha value is -2.21. The molecule has 1 N–H and O–H groups in total. The normalized spacial score (nSPS) is 11.1. The fourth-order valence-corrected chi connectivity index (χ4v) is 3.48. The number of sulfonamides is 1. The average Bonchev–Trinajstić information content (AvgIpc) is 2.46. The molecule has 0 radical (unpaired) electrons. The molecule has 0 fully saturated rings. The van der Waals surface area contributed by atoms with Crippen molar-refractivity contribution in [3.63, 3.8) is 0 Å². The number of nitrogens with one attached hydrogen (secondary N) is 1. The molecule has 118 valence electrons. The number of hydrogen-bond acceptors (Lipinski definition) is 4. The van der Waals surface area contributed by atoms with Crippen LogP contribution in [-0.4, -0.2) is 22.6 Å². The van der Waals surface area contributed by atoms with Crippen LogP contribution in [-0.2, 0) is 10.0 Å². The summed E-state index contributed by atoms with van der Waals surface area (Å²) in [5.74, 6) is 1.33. The van der Waals surface area contributed by atoms with E-state index >= 15 is 0 Å². The number of aryl methyl sites for hydroxylation is 2. The number of rotatable bonds is 5. The van der Waals surface area contributed by atoms with E-state index in [1.54, 1.807) is 51.5 Å². The second kappa shape index (κ2) is 6.27. The number of hydrogen-bond donors (Lipinski definition) is 1. The van der Waals surface area contributed by atoms with E-state index in [1.807, 2.05) is 6.92 Å². The zero-order valence-corrected chi connectivity index (χ0v) is 13.8. The molecule has 0 aliphatic heterocycles. The lowest BCUT2D eigenvalue weighted by Crippen LogP contribution is -2.14. The highest BCUT2D eigenvalue weighted by molar-refractivity contribution is 7.92. The predicted octanol–water partition coefficient (Wildman–Crippen LogP) is 3.12. The second-order valence-electron chi connectivity index (χ2n) is 4.92. The summed E-state index contributed by atoms with van der Waals surface area (Å²) >= 11 is 0. The molecule has 0 saturated carbocycles. The van der Waals surface area contributed by atoms with Crippen molar-refractivity contribution in [1.82, 2.24) is 0 Å². The first-order valence-electron chi connectivity index (χ1n) is 6.69. The fourth-order valence-electron chi connectivity index (χ4n) is 2.20. The summed E-state index contributed by atoms with van der Waals surface area (Å²) in [6.45, 7) is 3.59. The molecular formula is C16H19NO4S. The van der Waals surface area contributed by atoms with Crippen LogP contribution in [0.15, 0.2) is 41.3 Å². The van der Waals surface area contributed by atoms with Crippen molar-refractivity contribution in [2.75, 3.05) is 18.9 Å². The zero-order valence-electron chi connectivity index (χ0n) is 13.0. The van der Waals surface area contributed by atoms with E-state index in [-0.39, 0.29) is 4.90 Å². The van der Waals surface area contributed by atoms with Crippen molar-refractivity contribution in [2.24, 2.45) is 0 Å². The summed E-state index contributed by atoms with van der Waals surface area (Å²) < 4.78 is 37.9. The summed E-state index contributed by atoms with van der Waals surface area (Å²) in [5, 5.41) is 0. The maximum atomic E-state index is 12.5. The summed E-state index contributed by atoms with van der Waals surface area (Å²) in [6.07, 6.45) is 0. The van der Waals surface area contributed by atoms with Crippen LogP contribution in [0.5, 0.6) is 11.5 Å². The predicted molar refractivity (Wildman–Crippen MR) is 86.3 cm³/mol. The second-order valence-corrected chi connectivity index (χ2v) is 6.57. The first-order chi connectivity index (χ1) is 10.4. The van der Waals surface area contributed by atoms with Gasteiger partial charge in [0.1, 0.15) is 11.5 Å². The number of benzene rings is 2. The average molecular weight is 321 g/mol. The third-order valence-electron chi connectivity index (χ3n) is 3.32. The Labute approximate surface area is 130 Å². The standard InChI is InChI=1S/C16H19NO4S/c1-11-9-13(5-7-15(11)21-4)17-22(18,19)16-8-6-14(20-3)10-12(16)2/h5-10,17H,1-4H3. The van der Waals surface area contributed by atoms with Gasteiger partial charge in [-0.15, -0.1) is 0 Å². The third-order valence-corrected chi connectivity index (χ3v) is 4.86. The van der Waals surface area contributed by atoms with Gasteiger partial charge in [0, 0.05) is 5.69 Å². The lowest BCUT2D eigenvalue weighted by atomic mass is 10.2. The Balaban J connectivity index is 2.33. The van der Waals surface area contributed by atoms with Gasteiger partial charge < -0.3 is 9.47 Å². The molecule has 0 unspecified atom stereocenters. The molecule has 0 atom stereocenters. The molecule has 0 amide bonds. The Morgan fingerprint density at radius 2 is 1.64 bits per heavy atom. The maximum Gasteiger partial charge on any atom is 0.262 e. The van der Waals surface area contributed by atoms with Crippen LogP contribution in [0.4, 0.5) is 5.69 Å². The molecule has 2 rings (SSSR count). The molecule has 22 heavy (non-hydrogen) atoms. The van der Waals surface area contributed by atoms with Crippen molar-refractivity contribution < 1.29 is 17.9 Å². The minimum Gasteiger partial charge on any atom is -0.497 e. The van der Waals surface area contributed by atoms with E-state index in [0.29, 0.717) is 22.7 Å². The van der Waals surface area contributed by atoms with Crippen LogP contribution in [0.25, 0.3) is 0 Å². The zero-order chi connectivity index (χ0) is 16.3. The van der Waals surface area contributed by atoms with Crippen molar-refractivity contribution in [2.45, 2.75) is 18.7 Å². The van der Waals surface area contributed by atoms with Crippen LogP contribution in [0.2, 0.25) is 0 Å². The first-order valence-corrected chi connectivity index (χ1v) is 8.18. The van der Waals surface area contributed by atoms with Gasteiger partial charge in [0.25, 0.3) is 10.0 Å². The fraction of sp³-hybridized carbons (Fsp3) is 0.250. The van der Waals surface area contributed by atoms with Crippen molar-refractivity contribution in [3.8, 4) is 11.5 Å². The number of methoxy groups -OCH3 is 2. The quantitative estimate of drug-likeness (QED) is 0.919. The summed E-state index contributed by atoms with van der Waals surface area (Å²) in [6, 6.07) is 9.98. The Morgan fingerprint density at radius 3 is 2.18 bits per heavy atom. The van der Waals surface area contributed by atoms with Crippen LogP contribution in [0, 0.1) is 13.8 Å². The minimum absolute atomic E-state index is 0.224. The molecule has 0 saturated heterocycles. The Kier molecular flexibility index (Phi) is 4.61. The molecule has 6 heteroatoms. The molecule has 0 bridgehead atoms. The summed E-state index contributed by atoms with van der Waals surface area (Å²) in [5.41, 5.74) is 1.97. The topological polar surface area (TPSA) is 64.6 Å². The van der Waals surface area contributed by atoms with Crippen LogP contribution in [0.3, 0.4) is 0 Å². The summed E-state index contributed by atoms with van der Waals surface area (Å²) in [7, 11) is -0.532. The first kappa shape index (κ1) is 16.2. The van der Waals surface area contributed by atoms with E-state index in [1.165, 1.54) is 6.07 Å². The SMILES string of the molecule is COc1ccc(S(=O)(=O)Nc2ccc(OC)c(C)c2)c(C)c1. The highest BCUT2D eigenvalue weighted by atomic mass is 32.2. The lowest BCUT2D eigenvalue weighted by Gasteiger charge is -2.13. The van der Waals surface area contributed by atoms with Gasteiger partial charge in [-0.2, -0.15) is 0 Å². The highest BCUT2D eigenvalue weighted by Crippen LogP contribution is 2.26. The molecular weight excluding hydrogens is 302 g/mol. The third kappa shape index (κ3) is 3.33. The largest absolute Gasteiger partial charge is 0.497 e. The van der Waals surface area contributed by atoms with Gasteiger partial charge in [0.2, 0.25) is 0 Å². The smallest absolute Gasteiger partial charge is 0.262 e. The lowest BCUT2D eigenvalue weighted by molar-refractivity contribution is 0.412. The van der Waals surface area contributed by atoms with Crippen molar-refractivity contribution in [3.05, 3.63) is 47.5 Å². The molecule has 2 aromatic carbocycles. The Bertz CT molecular complexity index is 785. The number of anilines is 1. The van der Waals surface area contributed by atoms with Gasteiger partial charge in [-0.25, -0.2) is 8.42 Å². The van der Waals surface area contributed by atoms with Crippen LogP contribution in [0.1, 0.15) is 11.1 Å². The molecule has 0 heterocycles. The molecule has 0 aliphatic rings. The molecule has 2 aromatic rings. The molecule has 0 aromatic heterocycles. The van der Waals surface area contributed by atoms with Crippen LogP contribution < -0.4 is 14.2 Å². The van der Waals surface area contributed by atoms with Crippen molar-refractivity contribution >= 4 is 15.7 Å². The molecule has 5 nitrogen and oxygen atoms in total. The number of ether oxygens (including phenoxy) is 2. The van der Waals surface area contributed by atoms with Crippen molar-refractivity contribution in [1.29, 1.82) is 0 Å². The molecule has 0 aliphatic carbocycles. The van der Waals surface area contributed by atoms with E-state index in [2.05, 4.69) is 4.72 Å². The van der Waals surface area contributed by atoms with Gasteiger partial charge >= 0.3 is 0 Å². The van der Waals surface area contributed by atoms with E-state index in [0.717, 1.165) is 5.56 Å². The monoisotopic (exact) mass is 321 g/mol. The molecule has 0 spiro atoms. The Morgan fingerprint density at radius 1 is 0.909 bits per heavy atom. The van der Waals surface area contributed by atoms with Gasteiger partial charge in [-0.1, -0.05) is 0 Å². The summed E-state index contributed by atoms with van der Waals surface area (Å²) in [4.78, 5) is 0.224. The van der Waals surface area contributed by atoms with E-state index in [9.17, 15) is 8.42 Å². The van der Waals surface area contributed by atoms with Gasteiger partial charge in [0.15, 0.2) is 0 Å². The van der Waals surface area contributed by atoms with E-state index < -0.39 is 10.0 Å². The minimum atomic E-state index is -3.65. The van der Waals surface area contributed by atoms with Gasteiger partial charge in [0.05, 0.1) is 19.1 Å². The van der Waals surface area contributed by atoms with Gasteiger partial charge in [-0.05, 0) is 61.4 Å². The maximum absolute atomic E-state index is 12.5. The van der Waals surface area contributed by atoms with E-state index in [4.69, 9.17) is 9.47 Å². The van der Waals surface area contributed by atoms with Crippen LogP contribution >= 0.6 is 0 Å². The van der Waals surface area contributed by atoms with Gasteiger partial charge in [-0.3, -0.25) is 4.72 Å². The highest BCUT2D eigenvalue weighted by Gasteiger charge is 2.17.